The Kier molecular flexibility index (Phi) is 5.56. The molecule has 37 heavy (non-hydrogen) atoms. The first-order valence-corrected chi connectivity index (χ1v) is 11.6. The van der Waals surface area contributed by atoms with Crippen molar-refractivity contribution >= 4 is 23.5 Å². The molecular formula is C26H21F3N2O6. The number of carboxylic acids is 1. The van der Waals surface area contributed by atoms with Gasteiger partial charge in [0.2, 0.25) is 11.8 Å². The van der Waals surface area contributed by atoms with E-state index in [4.69, 9.17) is 14.7 Å². The number of carbonyl (C=O) groups is 3. The third-order valence-corrected chi connectivity index (χ3v) is 7.60. The first-order valence-electron chi connectivity index (χ1n) is 11.6. The number of benzene rings is 2. The lowest BCUT2D eigenvalue weighted by Gasteiger charge is -2.31. The van der Waals surface area contributed by atoms with E-state index in [0.29, 0.717) is 18.9 Å². The van der Waals surface area contributed by atoms with Crippen LogP contribution in [0.5, 0.6) is 5.75 Å². The molecular weight excluding hydrogens is 493 g/mol. The average Bonchev–Trinajstić information content (AvgIpc) is 3.42. The number of halogens is 3. The van der Waals surface area contributed by atoms with Gasteiger partial charge in [0.25, 0.3) is 0 Å². The van der Waals surface area contributed by atoms with E-state index in [1.54, 1.807) is 19.1 Å². The average molecular weight is 514 g/mol. The molecule has 2 aromatic carbocycles. The van der Waals surface area contributed by atoms with Crippen molar-refractivity contribution in [2.75, 3.05) is 11.5 Å². The number of carboxylic acid groups (broad SMARTS) is 1. The van der Waals surface area contributed by atoms with Gasteiger partial charge >= 0.3 is 12.1 Å². The molecule has 1 N–H and O–H groups in total. The highest BCUT2D eigenvalue weighted by Gasteiger charge is 2.73. The van der Waals surface area contributed by atoms with Gasteiger partial charge < -0.3 is 14.6 Å². The van der Waals surface area contributed by atoms with Gasteiger partial charge in [0.1, 0.15) is 11.3 Å². The number of carbonyl (C=O) groups excluding carboxylic acids is 2. The molecule has 8 nitrogen and oxygen atoms in total. The fourth-order valence-electron chi connectivity index (χ4n) is 5.97. The Morgan fingerprint density at radius 3 is 2.57 bits per heavy atom. The maximum absolute atomic E-state index is 13.6. The fraction of sp³-hybridized carbons (Fsp3) is 0.385. The van der Waals surface area contributed by atoms with Crippen molar-refractivity contribution in [1.82, 2.24) is 0 Å². The Morgan fingerprint density at radius 1 is 1.19 bits per heavy atom. The highest BCUT2D eigenvalue weighted by molar-refractivity contribution is 6.23. The molecule has 2 amide bonds. The molecule has 11 heteroatoms. The zero-order chi connectivity index (χ0) is 26.8. The van der Waals surface area contributed by atoms with E-state index >= 15 is 0 Å². The van der Waals surface area contributed by atoms with Crippen LogP contribution in [0.1, 0.15) is 47.7 Å². The molecule has 0 radical (unpaired) electrons. The number of nitrogens with zero attached hydrogens (tertiary/aromatic N) is 2. The van der Waals surface area contributed by atoms with E-state index in [-0.39, 0.29) is 30.0 Å². The smallest absolute Gasteiger partial charge is 0.417 e. The summed E-state index contributed by atoms with van der Waals surface area (Å²) in [5, 5.41) is 18.4. The summed E-state index contributed by atoms with van der Waals surface area (Å²) < 4.78 is 52.6. The number of para-hydroxylation sites is 1. The third kappa shape index (κ3) is 3.74. The lowest BCUT2D eigenvalue weighted by Crippen LogP contribution is -2.43. The van der Waals surface area contributed by atoms with Gasteiger partial charge in [-0.1, -0.05) is 12.1 Å². The Balaban J connectivity index is 1.44. The van der Waals surface area contributed by atoms with Gasteiger partial charge in [-0.15, -0.1) is 0 Å². The van der Waals surface area contributed by atoms with Crippen molar-refractivity contribution in [2.45, 2.75) is 43.6 Å². The normalized spacial score (nSPS) is 28.4. The van der Waals surface area contributed by atoms with Gasteiger partial charge in [-0.2, -0.15) is 18.4 Å². The van der Waals surface area contributed by atoms with Crippen LogP contribution in [0.15, 0.2) is 42.5 Å². The van der Waals surface area contributed by atoms with E-state index in [2.05, 4.69) is 0 Å². The predicted octanol–water partition coefficient (Wildman–Crippen LogP) is 4.17. The first kappa shape index (κ1) is 24.8. The van der Waals surface area contributed by atoms with Gasteiger partial charge in [-0.25, -0.2) is 9.69 Å². The predicted molar refractivity (Wildman–Crippen MR) is 121 cm³/mol. The van der Waals surface area contributed by atoms with Crippen molar-refractivity contribution in [1.29, 1.82) is 5.26 Å². The van der Waals surface area contributed by atoms with Crippen LogP contribution in [-0.4, -0.2) is 40.7 Å². The first-order chi connectivity index (χ1) is 17.4. The number of hydrogen-bond acceptors (Lipinski definition) is 6. The summed E-state index contributed by atoms with van der Waals surface area (Å²) in [7, 11) is 0. The van der Waals surface area contributed by atoms with Crippen molar-refractivity contribution in [3.05, 3.63) is 59.2 Å². The number of hydrogen-bond donors (Lipinski definition) is 1. The lowest BCUT2D eigenvalue weighted by molar-refractivity contribution is -0.138. The van der Waals surface area contributed by atoms with Gasteiger partial charge in [0.15, 0.2) is 0 Å². The number of amides is 2. The van der Waals surface area contributed by atoms with Crippen LogP contribution in [0.3, 0.4) is 0 Å². The molecule has 3 saturated heterocycles. The lowest BCUT2D eigenvalue weighted by atomic mass is 9.67. The second-order valence-corrected chi connectivity index (χ2v) is 9.69. The summed E-state index contributed by atoms with van der Waals surface area (Å²) in [5.41, 5.74) is -4.18. The summed E-state index contributed by atoms with van der Waals surface area (Å²) in [6, 6.07) is 10.3. The third-order valence-electron chi connectivity index (χ3n) is 7.60. The SMILES string of the molecule is CC12CCC(CCOc3ccccc3C(=O)O)(O1)C1C(=O)N(c3ccc(C#N)c(C(F)(F)F)c3)C(=O)C12. The number of aromatic carboxylic acids is 1. The van der Waals surface area contributed by atoms with E-state index in [9.17, 15) is 32.7 Å². The number of alkyl halides is 3. The molecule has 0 saturated carbocycles. The minimum absolute atomic E-state index is 0.000151. The largest absolute Gasteiger partial charge is 0.493 e. The summed E-state index contributed by atoms with van der Waals surface area (Å²) >= 11 is 0. The molecule has 0 spiro atoms. The summed E-state index contributed by atoms with van der Waals surface area (Å²) in [6.07, 6.45) is -3.77. The maximum Gasteiger partial charge on any atom is 0.417 e. The molecule has 3 aliphatic rings. The molecule has 2 aromatic rings. The second-order valence-electron chi connectivity index (χ2n) is 9.69. The highest BCUT2D eigenvalue weighted by Crippen LogP contribution is 2.62. The molecule has 192 valence electrons. The van der Waals surface area contributed by atoms with Crippen LogP contribution >= 0.6 is 0 Å². The summed E-state index contributed by atoms with van der Waals surface area (Å²) in [6.45, 7) is 1.72. The van der Waals surface area contributed by atoms with Crippen LogP contribution in [-0.2, 0) is 20.5 Å². The number of imide groups is 1. The van der Waals surface area contributed by atoms with E-state index in [1.165, 1.54) is 18.2 Å². The van der Waals surface area contributed by atoms with E-state index in [1.807, 2.05) is 0 Å². The number of fused-ring (bicyclic) bond motifs is 5. The quantitative estimate of drug-likeness (QED) is 0.575. The highest BCUT2D eigenvalue weighted by atomic mass is 19.4. The maximum atomic E-state index is 13.6. The number of nitriles is 1. The van der Waals surface area contributed by atoms with E-state index < -0.39 is 58.1 Å². The molecule has 0 aliphatic carbocycles. The zero-order valence-corrected chi connectivity index (χ0v) is 19.5. The van der Waals surface area contributed by atoms with Gasteiger partial charge in [-0.05, 0) is 50.1 Å². The van der Waals surface area contributed by atoms with Gasteiger partial charge in [-0.3, -0.25) is 9.59 Å². The van der Waals surface area contributed by atoms with Crippen LogP contribution in [0.2, 0.25) is 0 Å². The van der Waals surface area contributed by atoms with Crippen molar-refractivity contribution in [3.63, 3.8) is 0 Å². The molecule has 3 fully saturated rings. The standard InChI is InChI=1S/C26H21F3N2O6/c1-24-8-9-25(37-24,10-11-36-18-5-3-2-4-16(18)23(34)35)20-19(24)21(32)31(22(20)33)15-7-6-14(13-30)17(12-15)26(27,28)29/h2-7,12,19-20H,8-11H2,1H3,(H,34,35). The molecule has 2 bridgehead atoms. The zero-order valence-electron chi connectivity index (χ0n) is 19.5. The second kappa shape index (κ2) is 8.31. The monoisotopic (exact) mass is 514 g/mol. The van der Waals surface area contributed by atoms with Crippen LogP contribution in [0, 0.1) is 23.2 Å². The topological polar surface area (TPSA) is 117 Å². The van der Waals surface area contributed by atoms with E-state index in [0.717, 1.165) is 17.0 Å². The Morgan fingerprint density at radius 2 is 1.89 bits per heavy atom. The van der Waals surface area contributed by atoms with Crippen LogP contribution in [0.4, 0.5) is 18.9 Å². The van der Waals surface area contributed by atoms with Gasteiger partial charge in [0.05, 0.1) is 52.5 Å². The summed E-state index contributed by atoms with van der Waals surface area (Å²) in [5.74, 6) is -4.13. The van der Waals surface area contributed by atoms with Crippen LogP contribution in [0.25, 0.3) is 0 Å². The molecule has 4 unspecified atom stereocenters. The minimum Gasteiger partial charge on any atom is -0.493 e. The molecule has 5 rings (SSSR count). The Bertz CT molecular complexity index is 1370. The fourth-order valence-corrected chi connectivity index (χ4v) is 5.97. The number of ether oxygens (including phenoxy) is 2. The summed E-state index contributed by atoms with van der Waals surface area (Å²) in [4.78, 5) is 39.3. The Hall–Kier alpha value is -3.91. The molecule has 4 atom stereocenters. The minimum atomic E-state index is -4.85. The number of rotatable bonds is 6. The van der Waals surface area contributed by atoms with Gasteiger partial charge in [0, 0.05) is 6.42 Å². The molecule has 0 aromatic heterocycles. The van der Waals surface area contributed by atoms with Crippen molar-refractivity contribution in [3.8, 4) is 11.8 Å². The molecule has 3 aliphatic heterocycles. The van der Waals surface area contributed by atoms with Crippen LogP contribution < -0.4 is 9.64 Å². The molecule has 3 heterocycles. The number of anilines is 1. The van der Waals surface area contributed by atoms with Crippen molar-refractivity contribution < 1.29 is 42.1 Å². The Labute approximate surface area is 209 Å². The van der Waals surface area contributed by atoms with Crippen molar-refractivity contribution in [2.24, 2.45) is 11.8 Å².